The van der Waals surface area contributed by atoms with Crippen molar-refractivity contribution in [1.82, 2.24) is 16.0 Å². The smallest absolute Gasteiger partial charge is 0.267 e. The molecule has 34 heavy (non-hydrogen) atoms. The molecule has 2 amide bonds. The minimum Gasteiger partial charge on any atom is -0.377 e. The molecule has 3 aromatic rings. The Kier molecular flexibility index (Phi) is 8.79. The number of amides is 2. The SMILES string of the molecule is CC/C=C(/NCc1ccccc1C(=O)NC(C)c1ccc(P)c2ccccc12)C(=O)NCC#N. The maximum Gasteiger partial charge on any atom is 0.267 e. The lowest BCUT2D eigenvalue weighted by atomic mass is 9.99. The fraction of sp³-hybridized carbons (Fsp3) is 0.222. The van der Waals surface area contributed by atoms with Gasteiger partial charge in [0.1, 0.15) is 6.54 Å². The van der Waals surface area contributed by atoms with E-state index in [1.165, 1.54) is 0 Å². The molecule has 0 fully saturated rings. The average Bonchev–Trinajstić information content (AvgIpc) is 2.85. The van der Waals surface area contributed by atoms with Gasteiger partial charge in [-0.25, -0.2) is 0 Å². The van der Waals surface area contributed by atoms with E-state index in [-0.39, 0.29) is 24.4 Å². The van der Waals surface area contributed by atoms with Gasteiger partial charge in [-0.05, 0) is 46.6 Å². The van der Waals surface area contributed by atoms with Crippen molar-refractivity contribution in [1.29, 1.82) is 5.26 Å². The van der Waals surface area contributed by atoms with Crippen LogP contribution in [0.5, 0.6) is 0 Å². The van der Waals surface area contributed by atoms with Gasteiger partial charge in [-0.1, -0.05) is 67.6 Å². The van der Waals surface area contributed by atoms with Crippen molar-refractivity contribution in [3.63, 3.8) is 0 Å². The average molecular weight is 473 g/mol. The van der Waals surface area contributed by atoms with Crippen molar-refractivity contribution in [3.05, 3.63) is 89.1 Å². The summed E-state index contributed by atoms with van der Waals surface area (Å²) in [6.07, 6.45) is 2.42. The van der Waals surface area contributed by atoms with Gasteiger partial charge in [0.15, 0.2) is 0 Å². The molecule has 0 bridgehead atoms. The molecule has 3 aromatic carbocycles. The molecular formula is C27H29N4O2P. The number of allylic oxidation sites excluding steroid dienone is 1. The normalized spacial score (nSPS) is 12.0. The molecule has 3 rings (SSSR count). The van der Waals surface area contributed by atoms with Gasteiger partial charge in [0, 0.05) is 12.1 Å². The largest absolute Gasteiger partial charge is 0.377 e. The van der Waals surface area contributed by atoms with E-state index < -0.39 is 0 Å². The highest BCUT2D eigenvalue weighted by atomic mass is 31.0. The lowest BCUT2D eigenvalue weighted by molar-refractivity contribution is -0.117. The Labute approximate surface area is 202 Å². The summed E-state index contributed by atoms with van der Waals surface area (Å²) < 4.78 is 0. The maximum atomic E-state index is 13.2. The number of nitrogens with zero attached hydrogens (tertiary/aromatic N) is 1. The number of carbonyl (C=O) groups is 2. The van der Waals surface area contributed by atoms with Crippen LogP contribution in [0.1, 0.15) is 47.8 Å². The minimum absolute atomic E-state index is 0.0647. The van der Waals surface area contributed by atoms with E-state index in [1.807, 2.05) is 62.4 Å². The Morgan fingerprint density at radius 3 is 2.47 bits per heavy atom. The monoisotopic (exact) mass is 472 g/mol. The number of nitriles is 1. The number of hydrogen-bond acceptors (Lipinski definition) is 4. The topological polar surface area (TPSA) is 94.0 Å². The summed E-state index contributed by atoms with van der Waals surface area (Å²) in [5, 5.41) is 20.8. The van der Waals surface area contributed by atoms with Crippen LogP contribution in [0.4, 0.5) is 0 Å². The first kappa shape index (κ1) is 25.0. The minimum atomic E-state index is -0.344. The van der Waals surface area contributed by atoms with Crippen molar-refractivity contribution >= 4 is 37.1 Å². The van der Waals surface area contributed by atoms with Gasteiger partial charge in [0.25, 0.3) is 11.8 Å². The van der Waals surface area contributed by atoms with E-state index in [0.717, 1.165) is 27.2 Å². The number of benzene rings is 3. The van der Waals surface area contributed by atoms with E-state index >= 15 is 0 Å². The highest BCUT2D eigenvalue weighted by Gasteiger charge is 2.17. The van der Waals surface area contributed by atoms with Crippen LogP contribution in [0, 0.1) is 11.3 Å². The Balaban J connectivity index is 1.77. The molecule has 174 valence electrons. The van der Waals surface area contributed by atoms with Crippen LogP contribution < -0.4 is 21.3 Å². The Bertz CT molecular complexity index is 1260. The molecule has 7 heteroatoms. The molecular weight excluding hydrogens is 443 g/mol. The van der Waals surface area contributed by atoms with Crippen molar-refractivity contribution < 1.29 is 9.59 Å². The van der Waals surface area contributed by atoms with E-state index in [1.54, 1.807) is 12.1 Å². The van der Waals surface area contributed by atoms with Crippen LogP contribution in [0.25, 0.3) is 10.8 Å². The molecule has 0 aliphatic rings. The van der Waals surface area contributed by atoms with E-state index in [9.17, 15) is 9.59 Å². The summed E-state index contributed by atoms with van der Waals surface area (Å²) in [6, 6.07) is 21.3. The summed E-state index contributed by atoms with van der Waals surface area (Å²) in [7, 11) is 2.76. The number of fused-ring (bicyclic) bond motifs is 1. The molecule has 0 spiro atoms. The standard InChI is InChI=1S/C27H29N4O2P/c1-3-8-24(27(33)29-16-15-28)30-17-19-9-4-5-10-21(19)26(32)31-18(2)20-13-14-25(34)23-12-7-6-11-22(20)23/h4-14,18,30H,3,16-17,34H2,1-2H3,(H,29,33)(H,31,32)/b24-8+. The van der Waals surface area contributed by atoms with Gasteiger partial charge in [-0.3, -0.25) is 9.59 Å². The van der Waals surface area contributed by atoms with Crippen molar-refractivity contribution in [3.8, 4) is 6.07 Å². The second kappa shape index (κ2) is 12.0. The molecule has 6 nitrogen and oxygen atoms in total. The molecule has 0 aromatic heterocycles. The molecule has 3 N–H and O–H groups in total. The van der Waals surface area contributed by atoms with Crippen LogP contribution >= 0.6 is 9.24 Å². The van der Waals surface area contributed by atoms with Crippen LogP contribution in [0.3, 0.4) is 0 Å². The predicted octanol–water partition coefficient (Wildman–Crippen LogP) is 3.85. The number of carbonyl (C=O) groups excluding carboxylic acids is 2. The number of nitrogens with one attached hydrogen (secondary N) is 3. The third-order valence-corrected chi connectivity index (χ3v) is 6.02. The third-order valence-electron chi connectivity index (χ3n) is 5.52. The zero-order chi connectivity index (χ0) is 24.5. The summed E-state index contributed by atoms with van der Waals surface area (Å²) in [5.74, 6) is -0.526. The lowest BCUT2D eigenvalue weighted by Crippen LogP contribution is -2.33. The van der Waals surface area contributed by atoms with Gasteiger partial charge in [0.2, 0.25) is 0 Å². The molecule has 2 atom stereocenters. The molecule has 0 heterocycles. The van der Waals surface area contributed by atoms with Crippen molar-refractivity contribution in [2.75, 3.05) is 6.54 Å². The molecule has 2 unspecified atom stereocenters. The van der Waals surface area contributed by atoms with Crippen molar-refractivity contribution in [2.45, 2.75) is 32.9 Å². The first-order valence-electron chi connectivity index (χ1n) is 11.2. The molecule has 0 saturated carbocycles. The molecule has 0 aliphatic carbocycles. The summed E-state index contributed by atoms with van der Waals surface area (Å²) in [6.45, 7) is 4.14. The zero-order valence-electron chi connectivity index (χ0n) is 19.4. The van der Waals surface area contributed by atoms with E-state index in [0.29, 0.717) is 24.2 Å². The summed E-state index contributed by atoms with van der Waals surface area (Å²) in [4.78, 5) is 25.5. The first-order valence-corrected chi connectivity index (χ1v) is 11.8. The van der Waals surface area contributed by atoms with Crippen LogP contribution in [-0.2, 0) is 11.3 Å². The molecule has 0 radical (unpaired) electrons. The highest BCUT2D eigenvalue weighted by molar-refractivity contribution is 7.28. The second-order valence-corrected chi connectivity index (χ2v) is 8.48. The molecule has 0 aliphatic heterocycles. The summed E-state index contributed by atoms with van der Waals surface area (Å²) >= 11 is 0. The Morgan fingerprint density at radius 1 is 1.03 bits per heavy atom. The number of rotatable bonds is 9. The Hall–Kier alpha value is -3.68. The second-order valence-electron chi connectivity index (χ2n) is 7.86. The molecule has 0 saturated heterocycles. The maximum absolute atomic E-state index is 13.2. The van der Waals surface area contributed by atoms with Gasteiger partial charge in [-0.2, -0.15) is 5.26 Å². The third kappa shape index (κ3) is 6.01. The van der Waals surface area contributed by atoms with Crippen LogP contribution in [0.15, 0.2) is 72.4 Å². The quantitative estimate of drug-likeness (QED) is 0.251. The highest BCUT2D eigenvalue weighted by Crippen LogP contribution is 2.24. The fourth-order valence-corrected chi connectivity index (χ4v) is 4.17. The predicted molar refractivity (Wildman–Crippen MR) is 139 cm³/mol. The van der Waals surface area contributed by atoms with Crippen molar-refractivity contribution in [2.24, 2.45) is 0 Å². The summed E-state index contributed by atoms with van der Waals surface area (Å²) in [5.41, 5.74) is 2.74. The fourth-order valence-electron chi connectivity index (χ4n) is 3.83. The van der Waals surface area contributed by atoms with Crippen LogP contribution in [-0.4, -0.2) is 18.4 Å². The van der Waals surface area contributed by atoms with Gasteiger partial charge in [-0.15, -0.1) is 9.24 Å². The first-order chi connectivity index (χ1) is 16.5. The number of hydrogen-bond donors (Lipinski definition) is 3. The van der Waals surface area contributed by atoms with E-state index in [2.05, 4.69) is 37.3 Å². The zero-order valence-corrected chi connectivity index (χ0v) is 20.5. The lowest BCUT2D eigenvalue weighted by Gasteiger charge is -2.19. The Morgan fingerprint density at radius 2 is 1.74 bits per heavy atom. The van der Waals surface area contributed by atoms with Gasteiger partial charge in [0.05, 0.1) is 17.8 Å². The van der Waals surface area contributed by atoms with Gasteiger partial charge >= 0.3 is 0 Å². The van der Waals surface area contributed by atoms with E-state index in [4.69, 9.17) is 5.26 Å². The van der Waals surface area contributed by atoms with Crippen LogP contribution in [0.2, 0.25) is 0 Å². The van der Waals surface area contributed by atoms with Gasteiger partial charge < -0.3 is 16.0 Å².